The van der Waals surface area contributed by atoms with Gasteiger partial charge in [-0.2, -0.15) is 0 Å². The molecule has 1 unspecified atom stereocenters. The van der Waals surface area contributed by atoms with E-state index in [1.54, 1.807) is 18.2 Å². The zero-order valence-electron chi connectivity index (χ0n) is 6.13. The van der Waals surface area contributed by atoms with Crippen LogP contribution in [-0.4, -0.2) is 5.91 Å². The fraction of sp³-hybridized carbons (Fsp3) is 0.125. The maximum Gasteiger partial charge on any atom is 0.248 e. The molecule has 1 rings (SSSR count). The van der Waals surface area contributed by atoms with Gasteiger partial charge in [-0.1, -0.05) is 12.1 Å². The summed E-state index contributed by atoms with van der Waals surface area (Å²) in [6, 6.07) is 6.12. The van der Waals surface area contributed by atoms with Crippen LogP contribution < -0.4 is 5.73 Å². The van der Waals surface area contributed by atoms with E-state index in [0.29, 0.717) is 11.1 Å². The maximum atomic E-state index is 12.6. The normalized spacial score (nSPS) is 12.5. The van der Waals surface area contributed by atoms with Crippen molar-refractivity contribution in [3.63, 3.8) is 0 Å². The molecule has 0 aliphatic heterocycles. The summed E-state index contributed by atoms with van der Waals surface area (Å²) in [5.41, 5.74) is 5.72. The van der Waals surface area contributed by atoms with Gasteiger partial charge in [-0.05, 0) is 33.6 Å². The minimum atomic E-state index is -1.25. The lowest BCUT2D eigenvalue weighted by molar-refractivity contribution is 0.1000. The average Bonchev–Trinajstić information content (AvgIpc) is 2.04. The molecule has 2 N–H and O–H groups in total. The lowest BCUT2D eigenvalue weighted by atomic mass is 10.1. The molecular weight excluding hydrogens is 225 g/mol. The number of primary amides is 1. The molecule has 2 nitrogen and oxygen atoms in total. The fourth-order valence-corrected chi connectivity index (χ4v) is 1.11. The van der Waals surface area contributed by atoms with Crippen LogP contribution in [0.15, 0.2) is 24.3 Å². The minimum absolute atomic E-state index is 0.314. The molecule has 1 aromatic carbocycles. The van der Waals surface area contributed by atoms with Crippen molar-refractivity contribution >= 4 is 21.8 Å². The van der Waals surface area contributed by atoms with Crippen molar-refractivity contribution in [3.8, 4) is 0 Å². The number of carbonyl (C=O) groups is 1. The first-order valence-electron chi connectivity index (χ1n) is 3.29. The van der Waals surface area contributed by atoms with Gasteiger partial charge in [0, 0.05) is 5.56 Å². The quantitative estimate of drug-likeness (QED) is 0.780. The molecule has 0 aromatic heterocycles. The molecular formula is C8H7BrFNO. The summed E-state index contributed by atoms with van der Waals surface area (Å²) in [5.74, 6) is -0.551. The van der Waals surface area contributed by atoms with Gasteiger partial charge in [0.15, 0.2) is 5.08 Å². The number of amides is 1. The van der Waals surface area contributed by atoms with Gasteiger partial charge in [0.05, 0.1) is 0 Å². The van der Waals surface area contributed by atoms with Crippen LogP contribution in [0.5, 0.6) is 0 Å². The Kier molecular flexibility index (Phi) is 2.81. The summed E-state index contributed by atoms with van der Waals surface area (Å²) in [6.45, 7) is 0. The van der Waals surface area contributed by atoms with Gasteiger partial charge in [-0.3, -0.25) is 4.79 Å². The number of benzene rings is 1. The molecule has 0 fully saturated rings. The molecule has 0 saturated carbocycles. The lowest BCUT2D eigenvalue weighted by Gasteiger charge is -2.01. The van der Waals surface area contributed by atoms with Crippen molar-refractivity contribution in [3.05, 3.63) is 35.4 Å². The summed E-state index contributed by atoms with van der Waals surface area (Å²) >= 11 is 2.75. The second-order valence-electron chi connectivity index (χ2n) is 2.29. The summed E-state index contributed by atoms with van der Waals surface area (Å²) in [4.78, 5) is 10.7. The standard InChI is InChI=1S/C8H7BrFNO/c9-7(10)5-2-1-3-6(4-5)8(11)12/h1-4,7H,(H2,11,12). The Hall–Kier alpha value is -0.900. The number of carbonyl (C=O) groups excluding carboxylic acids is 1. The van der Waals surface area contributed by atoms with Crippen LogP contribution in [0.25, 0.3) is 0 Å². The van der Waals surface area contributed by atoms with Gasteiger partial charge < -0.3 is 5.73 Å². The average molecular weight is 232 g/mol. The smallest absolute Gasteiger partial charge is 0.248 e. The van der Waals surface area contributed by atoms with E-state index < -0.39 is 11.0 Å². The Morgan fingerprint density at radius 3 is 2.75 bits per heavy atom. The number of alkyl halides is 2. The molecule has 12 heavy (non-hydrogen) atoms. The number of hydrogen-bond donors (Lipinski definition) is 1. The monoisotopic (exact) mass is 231 g/mol. The largest absolute Gasteiger partial charge is 0.366 e. The Labute approximate surface area is 77.7 Å². The van der Waals surface area contributed by atoms with E-state index in [9.17, 15) is 9.18 Å². The molecule has 0 spiro atoms. The molecule has 1 atom stereocenters. The van der Waals surface area contributed by atoms with Crippen LogP contribution >= 0.6 is 15.9 Å². The second kappa shape index (κ2) is 3.67. The first-order valence-corrected chi connectivity index (χ1v) is 4.20. The number of hydrogen-bond acceptors (Lipinski definition) is 1. The highest BCUT2D eigenvalue weighted by Gasteiger charge is 2.06. The Balaban J connectivity index is 3.04. The summed E-state index contributed by atoms with van der Waals surface area (Å²) in [6.07, 6.45) is 0. The molecule has 4 heteroatoms. The van der Waals surface area contributed by atoms with Gasteiger partial charge in [-0.25, -0.2) is 4.39 Å². The SMILES string of the molecule is NC(=O)c1cccc(C(F)Br)c1. The summed E-state index contributed by atoms with van der Waals surface area (Å²) < 4.78 is 12.6. The molecule has 1 amide bonds. The molecule has 1 aromatic rings. The maximum absolute atomic E-state index is 12.6. The van der Waals surface area contributed by atoms with Crippen molar-refractivity contribution < 1.29 is 9.18 Å². The van der Waals surface area contributed by atoms with Gasteiger partial charge in [0.1, 0.15) is 0 Å². The molecule has 0 radical (unpaired) electrons. The number of rotatable bonds is 2. The number of halogens is 2. The number of nitrogens with two attached hydrogens (primary N) is 1. The first-order chi connectivity index (χ1) is 5.61. The van der Waals surface area contributed by atoms with Gasteiger partial charge >= 0.3 is 0 Å². The Morgan fingerprint density at radius 1 is 1.58 bits per heavy atom. The van der Waals surface area contributed by atoms with E-state index in [0.717, 1.165) is 0 Å². The van der Waals surface area contributed by atoms with Crippen LogP contribution in [0, 0.1) is 0 Å². The fourth-order valence-electron chi connectivity index (χ4n) is 0.828. The van der Waals surface area contributed by atoms with Gasteiger partial charge in [-0.15, -0.1) is 0 Å². The van der Waals surface area contributed by atoms with E-state index in [-0.39, 0.29) is 0 Å². The Morgan fingerprint density at radius 2 is 2.25 bits per heavy atom. The van der Waals surface area contributed by atoms with Crippen LogP contribution in [-0.2, 0) is 0 Å². The molecule has 0 saturated heterocycles. The first kappa shape index (κ1) is 9.19. The molecule has 0 bridgehead atoms. The minimum Gasteiger partial charge on any atom is -0.366 e. The molecule has 0 heterocycles. The third-order valence-electron chi connectivity index (χ3n) is 1.42. The van der Waals surface area contributed by atoms with E-state index in [1.165, 1.54) is 6.07 Å². The molecule has 0 aliphatic carbocycles. The third-order valence-corrected chi connectivity index (χ3v) is 1.95. The second-order valence-corrected chi connectivity index (χ2v) is 3.09. The van der Waals surface area contributed by atoms with Crippen LogP contribution in [0.4, 0.5) is 4.39 Å². The van der Waals surface area contributed by atoms with Gasteiger partial charge in [0.25, 0.3) is 0 Å². The van der Waals surface area contributed by atoms with Crippen LogP contribution in [0.1, 0.15) is 21.0 Å². The predicted molar refractivity (Wildman–Crippen MR) is 47.7 cm³/mol. The van der Waals surface area contributed by atoms with Crippen LogP contribution in [0.2, 0.25) is 0 Å². The van der Waals surface area contributed by atoms with Crippen molar-refractivity contribution in [2.24, 2.45) is 5.73 Å². The van der Waals surface area contributed by atoms with E-state index in [2.05, 4.69) is 15.9 Å². The lowest BCUT2D eigenvalue weighted by Crippen LogP contribution is -2.10. The highest BCUT2D eigenvalue weighted by atomic mass is 79.9. The van der Waals surface area contributed by atoms with Gasteiger partial charge in [0.2, 0.25) is 5.91 Å². The van der Waals surface area contributed by atoms with Crippen molar-refractivity contribution in [1.29, 1.82) is 0 Å². The highest BCUT2D eigenvalue weighted by molar-refractivity contribution is 9.09. The van der Waals surface area contributed by atoms with Crippen molar-refractivity contribution in [1.82, 2.24) is 0 Å². The molecule has 0 aliphatic rings. The third kappa shape index (κ3) is 2.04. The zero-order valence-corrected chi connectivity index (χ0v) is 7.71. The predicted octanol–water partition coefficient (Wildman–Crippen LogP) is 2.15. The summed E-state index contributed by atoms with van der Waals surface area (Å²) in [7, 11) is 0. The van der Waals surface area contributed by atoms with Crippen molar-refractivity contribution in [2.45, 2.75) is 5.08 Å². The topological polar surface area (TPSA) is 43.1 Å². The molecule has 64 valence electrons. The zero-order chi connectivity index (χ0) is 9.14. The van der Waals surface area contributed by atoms with E-state index in [1.807, 2.05) is 0 Å². The van der Waals surface area contributed by atoms with Crippen molar-refractivity contribution in [2.75, 3.05) is 0 Å². The van der Waals surface area contributed by atoms with E-state index >= 15 is 0 Å². The van der Waals surface area contributed by atoms with Crippen LogP contribution in [0.3, 0.4) is 0 Å². The highest BCUT2D eigenvalue weighted by Crippen LogP contribution is 2.23. The Bertz CT molecular complexity index is 301. The summed E-state index contributed by atoms with van der Waals surface area (Å²) in [5, 5.41) is -1.25. The van der Waals surface area contributed by atoms with E-state index in [4.69, 9.17) is 5.73 Å².